The van der Waals surface area contributed by atoms with Gasteiger partial charge in [-0.15, -0.1) is 11.6 Å². The van der Waals surface area contributed by atoms with Crippen LogP contribution in [0.4, 0.5) is 0 Å². The topological polar surface area (TPSA) is 49.4 Å². The zero-order valence-electron chi connectivity index (χ0n) is 10.7. The first-order valence-corrected chi connectivity index (χ1v) is 6.16. The molecule has 18 heavy (non-hydrogen) atoms. The first-order valence-electron chi connectivity index (χ1n) is 5.62. The SMILES string of the molecule is CC(NC(=O)c1ccc(CCl)cc1)C(=O)N(C)C. The molecule has 0 heterocycles. The standard InChI is InChI=1S/C13H17ClN2O2/c1-9(13(18)16(2)3)15-12(17)11-6-4-10(8-14)5-7-11/h4-7,9H,8H2,1-3H3,(H,15,17). The molecule has 0 aliphatic rings. The van der Waals surface area contributed by atoms with Gasteiger partial charge in [0.25, 0.3) is 5.91 Å². The molecule has 1 N–H and O–H groups in total. The summed E-state index contributed by atoms with van der Waals surface area (Å²) in [6.45, 7) is 1.66. The number of benzene rings is 1. The fourth-order valence-corrected chi connectivity index (χ4v) is 1.65. The summed E-state index contributed by atoms with van der Waals surface area (Å²) in [5, 5.41) is 2.65. The second-order valence-corrected chi connectivity index (χ2v) is 4.53. The fourth-order valence-electron chi connectivity index (χ4n) is 1.47. The van der Waals surface area contributed by atoms with Crippen molar-refractivity contribution >= 4 is 23.4 Å². The van der Waals surface area contributed by atoms with Crippen LogP contribution in [0.15, 0.2) is 24.3 Å². The summed E-state index contributed by atoms with van der Waals surface area (Å²) in [6, 6.07) is 6.43. The van der Waals surface area contributed by atoms with Crippen molar-refractivity contribution in [1.29, 1.82) is 0 Å². The molecular formula is C13H17ClN2O2. The highest BCUT2D eigenvalue weighted by Crippen LogP contribution is 2.07. The predicted octanol–water partition coefficient (Wildman–Crippen LogP) is 1.63. The molecule has 98 valence electrons. The average molecular weight is 269 g/mol. The Morgan fingerprint density at radius 3 is 2.28 bits per heavy atom. The minimum absolute atomic E-state index is 0.138. The lowest BCUT2D eigenvalue weighted by molar-refractivity contribution is -0.130. The molecule has 1 atom stereocenters. The lowest BCUT2D eigenvalue weighted by atomic mass is 10.1. The molecule has 0 aliphatic heterocycles. The molecule has 0 spiro atoms. The van der Waals surface area contributed by atoms with Gasteiger partial charge >= 0.3 is 0 Å². The van der Waals surface area contributed by atoms with Gasteiger partial charge in [0, 0.05) is 25.5 Å². The molecule has 1 aromatic rings. The van der Waals surface area contributed by atoms with Crippen LogP contribution in [-0.2, 0) is 10.7 Å². The monoisotopic (exact) mass is 268 g/mol. The number of carbonyl (C=O) groups is 2. The van der Waals surface area contributed by atoms with Crippen LogP contribution in [-0.4, -0.2) is 36.9 Å². The van der Waals surface area contributed by atoms with Crippen LogP contribution in [0.1, 0.15) is 22.8 Å². The molecule has 1 rings (SSSR count). The third-order valence-electron chi connectivity index (χ3n) is 2.53. The highest BCUT2D eigenvalue weighted by Gasteiger charge is 2.17. The van der Waals surface area contributed by atoms with Gasteiger partial charge in [0.2, 0.25) is 5.91 Å². The number of amides is 2. The van der Waals surface area contributed by atoms with E-state index in [1.165, 1.54) is 4.90 Å². The van der Waals surface area contributed by atoms with Crippen LogP contribution in [0.25, 0.3) is 0 Å². The van der Waals surface area contributed by atoms with Crippen LogP contribution >= 0.6 is 11.6 Å². The minimum Gasteiger partial charge on any atom is -0.347 e. The van der Waals surface area contributed by atoms with Gasteiger partial charge in [-0.1, -0.05) is 12.1 Å². The lowest BCUT2D eigenvalue weighted by Crippen LogP contribution is -2.44. The smallest absolute Gasteiger partial charge is 0.251 e. The molecule has 1 aromatic carbocycles. The van der Waals surface area contributed by atoms with E-state index in [1.807, 2.05) is 0 Å². The quantitative estimate of drug-likeness (QED) is 0.844. The van der Waals surface area contributed by atoms with Gasteiger partial charge in [0.15, 0.2) is 0 Å². The maximum absolute atomic E-state index is 11.9. The van der Waals surface area contributed by atoms with E-state index in [-0.39, 0.29) is 11.8 Å². The Bertz CT molecular complexity index is 429. The van der Waals surface area contributed by atoms with Crippen molar-refractivity contribution in [2.45, 2.75) is 18.8 Å². The highest BCUT2D eigenvalue weighted by atomic mass is 35.5. The maximum Gasteiger partial charge on any atom is 0.251 e. The van der Waals surface area contributed by atoms with Crippen molar-refractivity contribution in [2.24, 2.45) is 0 Å². The van der Waals surface area contributed by atoms with E-state index in [4.69, 9.17) is 11.6 Å². The molecule has 5 heteroatoms. The van der Waals surface area contributed by atoms with Crippen LogP contribution in [0.5, 0.6) is 0 Å². The Balaban J connectivity index is 2.67. The average Bonchev–Trinajstić information content (AvgIpc) is 2.37. The summed E-state index contributed by atoms with van der Waals surface area (Å²) in [4.78, 5) is 24.9. The van der Waals surface area contributed by atoms with Crippen LogP contribution in [0.2, 0.25) is 0 Å². The van der Waals surface area contributed by atoms with Gasteiger partial charge in [-0.05, 0) is 24.6 Å². The van der Waals surface area contributed by atoms with E-state index >= 15 is 0 Å². The minimum atomic E-state index is -0.541. The number of nitrogens with one attached hydrogen (secondary N) is 1. The summed E-state index contributed by atoms with van der Waals surface area (Å²) < 4.78 is 0. The Hall–Kier alpha value is -1.55. The Morgan fingerprint density at radius 2 is 1.83 bits per heavy atom. The van der Waals surface area contributed by atoms with Crippen molar-refractivity contribution in [2.75, 3.05) is 14.1 Å². The highest BCUT2D eigenvalue weighted by molar-refractivity contribution is 6.17. The molecule has 0 fully saturated rings. The zero-order chi connectivity index (χ0) is 13.7. The summed E-state index contributed by atoms with van der Waals surface area (Å²) in [7, 11) is 3.31. The van der Waals surface area contributed by atoms with Gasteiger partial charge < -0.3 is 10.2 Å². The molecule has 4 nitrogen and oxygen atoms in total. The number of hydrogen-bond donors (Lipinski definition) is 1. The fraction of sp³-hybridized carbons (Fsp3) is 0.385. The van der Waals surface area contributed by atoms with E-state index in [1.54, 1.807) is 45.3 Å². The molecule has 0 aliphatic carbocycles. The van der Waals surface area contributed by atoms with Crippen molar-refractivity contribution in [3.05, 3.63) is 35.4 Å². The predicted molar refractivity (Wildman–Crippen MR) is 71.6 cm³/mol. The van der Waals surface area contributed by atoms with Gasteiger partial charge in [-0.3, -0.25) is 9.59 Å². The molecule has 0 saturated carbocycles. The number of likely N-dealkylation sites (N-methyl/N-ethyl adjacent to an activating group) is 1. The largest absolute Gasteiger partial charge is 0.347 e. The molecule has 1 unspecified atom stereocenters. The third-order valence-corrected chi connectivity index (χ3v) is 2.84. The first-order chi connectivity index (χ1) is 8.45. The van der Waals surface area contributed by atoms with E-state index < -0.39 is 6.04 Å². The number of halogens is 1. The lowest BCUT2D eigenvalue weighted by Gasteiger charge is -2.18. The number of hydrogen-bond acceptors (Lipinski definition) is 2. The van der Waals surface area contributed by atoms with Crippen molar-refractivity contribution in [1.82, 2.24) is 10.2 Å². The third kappa shape index (κ3) is 3.74. The first kappa shape index (κ1) is 14.5. The Morgan fingerprint density at radius 1 is 1.28 bits per heavy atom. The number of nitrogens with zero attached hydrogens (tertiary/aromatic N) is 1. The van der Waals surface area contributed by atoms with Crippen molar-refractivity contribution in [3.8, 4) is 0 Å². The van der Waals surface area contributed by atoms with Crippen LogP contribution in [0.3, 0.4) is 0 Å². The number of alkyl halides is 1. The second kappa shape index (κ2) is 6.40. The molecule has 2 amide bonds. The van der Waals surface area contributed by atoms with Crippen LogP contribution in [0, 0.1) is 0 Å². The summed E-state index contributed by atoms with van der Waals surface area (Å²) in [6.07, 6.45) is 0. The number of rotatable bonds is 4. The second-order valence-electron chi connectivity index (χ2n) is 4.26. The molecule has 0 bridgehead atoms. The molecule has 0 saturated heterocycles. The Kier molecular flexibility index (Phi) is 5.16. The molecule has 0 aromatic heterocycles. The molecular weight excluding hydrogens is 252 g/mol. The normalized spacial score (nSPS) is 11.8. The van der Waals surface area contributed by atoms with E-state index in [9.17, 15) is 9.59 Å². The van der Waals surface area contributed by atoms with Crippen molar-refractivity contribution in [3.63, 3.8) is 0 Å². The summed E-state index contributed by atoms with van der Waals surface area (Å²) in [5.41, 5.74) is 1.47. The summed E-state index contributed by atoms with van der Waals surface area (Å²) in [5.74, 6) is 0.0109. The Labute approximate surface area is 112 Å². The van der Waals surface area contributed by atoms with E-state index in [0.717, 1.165) is 5.56 Å². The summed E-state index contributed by atoms with van der Waals surface area (Å²) >= 11 is 5.67. The molecule has 0 radical (unpaired) electrons. The van der Waals surface area contributed by atoms with Gasteiger partial charge in [0.05, 0.1) is 0 Å². The van der Waals surface area contributed by atoms with Gasteiger partial charge in [-0.2, -0.15) is 0 Å². The zero-order valence-corrected chi connectivity index (χ0v) is 11.5. The van der Waals surface area contributed by atoms with E-state index in [0.29, 0.717) is 11.4 Å². The van der Waals surface area contributed by atoms with Crippen LogP contribution < -0.4 is 5.32 Å². The van der Waals surface area contributed by atoms with Crippen molar-refractivity contribution < 1.29 is 9.59 Å². The number of carbonyl (C=O) groups excluding carboxylic acids is 2. The van der Waals surface area contributed by atoms with E-state index in [2.05, 4.69) is 5.32 Å². The van der Waals surface area contributed by atoms with Gasteiger partial charge in [-0.25, -0.2) is 0 Å². The van der Waals surface area contributed by atoms with Gasteiger partial charge in [0.1, 0.15) is 6.04 Å². The maximum atomic E-state index is 11.9.